The van der Waals surface area contributed by atoms with Gasteiger partial charge in [-0.3, -0.25) is 9.59 Å². The molecule has 4 fully saturated rings. The third-order valence-electron chi connectivity index (χ3n) is 16.9. The first-order valence-corrected chi connectivity index (χ1v) is 41.6. The van der Waals surface area contributed by atoms with Crippen LogP contribution in [-0.2, 0) is 23.7 Å². The van der Waals surface area contributed by atoms with Crippen LogP contribution in [0.15, 0.2) is 53.7 Å². The van der Waals surface area contributed by atoms with Gasteiger partial charge in [0.1, 0.15) is 28.6 Å². The SMILES string of the molecule is C.C.C.C.C/C=C/CCCBr.C/C=C/CCCO.CC1OC1CCCBr.CCO.CCOCC.Cc1cc(C)c(C=O)c(C)c1O.Cc1cc(C)c(OCCCC2OC2C)c(C)c1/C=N/O.Cc1cc(C)c(OCCCC2OC2C)c(C)c1C#[N+]O.Cc1cc(C)c(OCCCC2OC2C)c(C)c1C=O.ClCCl.ClCCl. The molecule has 642 valence electrons. The van der Waals surface area contributed by atoms with Crippen molar-refractivity contribution >= 4 is 97.1 Å². The molecular formula is C88H149Br2Cl4N2O15+. The average molecular weight is 1780 g/mol. The predicted molar refractivity (Wildman–Crippen MR) is 481 cm³/mol. The number of rotatable bonds is 29. The van der Waals surface area contributed by atoms with Crippen LogP contribution in [-0.4, -0.2) is 161 Å². The van der Waals surface area contributed by atoms with Gasteiger partial charge in [0.05, 0.1) is 85.5 Å². The molecule has 4 aliphatic rings. The quantitative estimate of drug-likeness (QED) is 0.00497. The minimum Gasteiger partial charge on any atom is -0.507 e. The number of nitrogens with zero attached hydrogens (tertiary/aromatic N) is 2. The fourth-order valence-corrected chi connectivity index (χ4v) is 11.6. The van der Waals surface area contributed by atoms with Crippen molar-refractivity contribution in [3.8, 4) is 29.1 Å². The van der Waals surface area contributed by atoms with Gasteiger partial charge in [-0.1, -0.05) is 115 Å². The number of hydrogen-bond donors (Lipinski definition) is 5. The Kier molecular flexibility index (Phi) is 80.2. The number of aliphatic hydroxyl groups is 2. The lowest BCUT2D eigenvalue weighted by atomic mass is 9.99. The number of carbonyl (C=O) groups is 2. The molecule has 23 heteroatoms. The third kappa shape index (κ3) is 54.1. The summed E-state index contributed by atoms with van der Waals surface area (Å²) >= 11 is 25.8. The van der Waals surface area contributed by atoms with E-state index in [0.717, 1.165) is 183 Å². The summed E-state index contributed by atoms with van der Waals surface area (Å²) in [4.78, 5) is 21.7. The number of alkyl halides is 6. The molecule has 0 bridgehead atoms. The first-order chi connectivity index (χ1) is 51.0. The molecule has 4 aromatic carbocycles. The van der Waals surface area contributed by atoms with Gasteiger partial charge in [0.2, 0.25) is 5.01 Å². The van der Waals surface area contributed by atoms with Crippen LogP contribution < -0.4 is 14.2 Å². The Bertz CT molecular complexity index is 3180. The molecule has 4 heterocycles. The number of epoxide rings is 4. The van der Waals surface area contributed by atoms with Crippen LogP contribution in [0.3, 0.4) is 0 Å². The van der Waals surface area contributed by atoms with Gasteiger partial charge in [-0.05, 0) is 267 Å². The zero-order chi connectivity index (χ0) is 82.0. The largest absolute Gasteiger partial charge is 0.507 e. The number of phenolic OH excluding ortho intramolecular Hbond substituents is 1. The number of aldehydes is 2. The van der Waals surface area contributed by atoms with Crippen LogP contribution >= 0.6 is 78.3 Å². The smallest absolute Gasteiger partial charge is 0.388 e. The number of unbranched alkanes of at least 4 members (excludes halogenated alkanes) is 2. The molecule has 8 rings (SSSR count). The molecule has 0 spiro atoms. The summed E-state index contributed by atoms with van der Waals surface area (Å²) in [6.07, 6.45) is 28.1. The van der Waals surface area contributed by atoms with Crippen LogP contribution in [0.5, 0.6) is 23.0 Å². The number of benzene rings is 4. The summed E-state index contributed by atoms with van der Waals surface area (Å²) in [5.74, 6) is 2.85. The lowest BCUT2D eigenvalue weighted by molar-refractivity contribution is 0.111. The van der Waals surface area contributed by atoms with Gasteiger partial charge in [-0.2, -0.15) is 5.21 Å². The van der Waals surface area contributed by atoms with Gasteiger partial charge in [-0.15, -0.1) is 46.4 Å². The van der Waals surface area contributed by atoms with Crippen LogP contribution in [0.2, 0.25) is 0 Å². The maximum absolute atomic E-state index is 11.1. The van der Waals surface area contributed by atoms with Crippen molar-refractivity contribution in [2.24, 2.45) is 5.16 Å². The van der Waals surface area contributed by atoms with Gasteiger partial charge >= 0.3 is 6.07 Å². The molecule has 0 aliphatic carbocycles. The number of hydrogen-bond acceptors (Lipinski definition) is 16. The highest BCUT2D eigenvalue weighted by molar-refractivity contribution is 9.09. The Labute approximate surface area is 710 Å². The van der Waals surface area contributed by atoms with Crippen molar-refractivity contribution in [2.45, 2.75) is 301 Å². The maximum Gasteiger partial charge on any atom is 0.388 e. The van der Waals surface area contributed by atoms with E-state index in [2.05, 4.69) is 100 Å². The second-order valence-corrected chi connectivity index (χ2v) is 28.8. The van der Waals surface area contributed by atoms with Gasteiger partial charge in [0, 0.05) is 76.0 Å². The van der Waals surface area contributed by atoms with E-state index in [1.807, 2.05) is 128 Å². The molecule has 17 nitrogen and oxygen atoms in total. The van der Waals surface area contributed by atoms with E-state index >= 15 is 0 Å². The first kappa shape index (κ1) is 120. The van der Waals surface area contributed by atoms with Gasteiger partial charge < -0.3 is 58.4 Å². The summed E-state index contributed by atoms with van der Waals surface area (Å²) in [6.45, 7) is 45.8. The number of aliphatic hydroxyl groups excluding tert-OH is 2. The standard InChI is InChI=1S/C16H23NO3.C16H21NO3.C16H22O3.C10H12O2.C6H11BrO.C6H11Br.C6H12O.C4H10O.C2H6O.2CH2Cl2.4CH4/c2*1-10-8-11(2)16(12(3)14(10)9-17-18)19-7-5-6-15-13(4)20-15;1-10-8-11(2)16(12(3)14(10)9-17)18-7-5-6-15-13(4)19-15;1-6-4-7(2)10(12)8(3)9(6)5-11;1-5-6(8-5)3-2-4-7;2*1-2-3-4-5-6-7;1-3-5-4-2;1-2-3;2*2-1-3;;;;/h8-9,13,15,18H,5-7H2,1-4H3;8,13,15H,5-7H2,1-4H3;8-9,13,15H,5-7H2,1-4H3;4-5,12H,1-3H3;5-6H,2-4H2,1H3;2-3H,4-6H2,1H3;2-3,7H,4-6H2,1H3;3-4H2,1-2H3;3H,2H2,1H3;2*1H2;4*1H4/p+1/b17-9+;;;;;2*3-2+;;;;;;;;. The van der Waals surface area contributed by atoms with Crippen molar-refractivity contribution < 1.29 is 73.2 Å². The number of aromatic hydroxyl groups is 1. The van der Waals surface area contributed by atoms with Crippen molar-refractivity contribution in [3.05, 3.63) is 143 Å². The summed E-state index contributed by atoms with van der Waals surface area (Å²) in [5.41, 5.74) is 14.8. The summed E-state index contributed by atoms with van der Waals surface area (Å²) < 4.78 is 43.9. The molecule has 8 unspecified atom stereocenters. The minimum absolute atomic E-state index is 0. The topological polar surface area (TPSA) is 239 Å². The Morgan fingerprint density at radius 3 is 1.10 bits per heavy atom. The van der Waals surface area contributed by atoms with Crippen LogP contribution in [0.25, 0.3) is 5.01 Å². The Morgan fingerprint density at radius 2 is 0.802 bits per heavy atom. The molecule has 8 atom stereocenters. The highest BCUT2D eigenvalue weighted by Crippen LogP contribution is 2.34. The van der Waals surface area contributed by atoms with E-state index in [1.165, 1.54) is 31.9 Å². The van der Waals surface area contributed by atoms with Crippen molar-refractivity contribution in [1.82, 2.24) is 0 Å². The normalized spacial score (nSPS) is 16.9. The Morgan fingerprint density at radius 1 is 0.495 bits per heavy atom. The first-order valence-electron chi connectivity index (χ1n) is 37.2. The second-order valence-electron chi connectivity index (χ2n) is 25.6. The molecule has 111 heavy (non-hydrogen) atoms. The zero-order valence-electron chi connectivity index (χ0n) is 68.2. The number of carbonyl (C=O) groups excluding carboxylic acids is 2. The fourth-order valence-electron chi connectivity index (χ4n) is 11.0. The highest BCUT2D eigenvalue weighted by Gasteiger charge is 2.35. The molecule has 0 saturated carbocycles. The molecule has 5 N–H and O–H groups in total. The lowest BCUT2D eigenvalue weighted by Crippen LogP contribution is -2.05. The Hall–Kier alpha value is -4.50. The second kappa shape index (κ2) is 74.3. The van der Waals surface area contributed by atoms with Crippen molar-refractivity contribution in [1.29, 1.82) is 0 Å². The van der Waals surface area contributed by atoms with Crippen molar-refractivity contribution in [2.75, 3.05) is 67.6 Å². The minimum atomic E-state index is 0. The molecule has 0 radical (unpaired) electrons. The molecule has 4 aromatic rings. The number of phenols is 1. The van der Waals surface area contributed by atoms with Gasteiger partial charge in [0.25, 0.3) is 0 Å². The van der Waals surface area contributed by atoms with Crippen LogP contribution in [0.1, 0.15) is 268 Å². The van der Waals surface area contributed by atoms with E-state index in [0.29, 0.717) is 86.4 Å². The van der Waals surface area contributed by atoms with E-state index in [1.54, 1.807) is 13.8 Å². The third-order valence-corrected chi connectivity index (χ3v) is 18.0. The maximum atomic E-state index is 11.1. The number of halogens is 6. The molecule has 4 saturated heterocycles. The van der Waals surface area contributed by atoms with Crippen molar-refractivity contribution in [3.63, 3.8) is 0 Å². The average Bonchev–Trinajstić information content (AvgIpc) is 1.74. The number of allylic oxidation sites excluding steroid dienone is 4. The zero-order valence-corrected chi connectivity index (χ0v) is 74.4. The van der Waals surface area contributed by atoms with Crippen LogP contribution in [0.4, 0.5) is 0 Å². The monoisotopic (exact) mass is 1770 g/mol. The van der Waals surface area contributed by atoms with Crippen LogP contribution in [0, 0.1) is 89.2 Å². The highest BCUT2D eigenvalue weighted by atomic mass is 79.9. The molecule has 0 amide bonds. The predicted octanol–water partition coefficient (Wildman–Crippen LogP) is 24.9. The van der Waals surface area contributed by atoms with Gasteiger partial charge in [0.15, 0.2) is 12.6 Å². The number of oxime groups is 1. The molecule has 4 aliphatic heterocycles. The Balaban J connectivity index is -0.000000226. The van der Waals surface area contributed by atoms with E-state index < -0.39 is 0 Å². The number of ether oxygens (including phenoxy) is 8. The van der Waals surface area contributed by atoms with Gasteiger partial charge in [-0.25, -0.2) is 0 Å². The van der Waals surface area contributed by atoms with E-state index in [-0.39, 0.29) is 52.7 Å². The molecule has 0 aromatic heterocycles. The summed E-state index contributed by atoms with van der Waals surface area (Å²) in [5, 5.41) is 51.5. The fraction of sp³-hybridized carbons (Fsp3) is 0.636. The number of aryl methyl sites for hydroxylation is 8. The van der Waals surface area contributed by atoms with E-state index in [9.17, 15) is 14.7 Å². The lowest BCUT2D eigenvalue weighted by Gasteiger charge is -2.15. The summed E-state index contributed by atoms with van der Waals surface area (Å²) in [6, 6.07) is 10.5. The van der Waals surface area contributed by atoms with E-state index in [4.69, 9.17) is 105 Å². The molecular weight excluding hydrogens is 1630 g/mol. The summed E-state index contributed by atoms with van der Waals surface area (Å²) in [7, 11) is 0.